The Morgan fingerprint density at radius 3 is 3.00 bits per heavy atom. The summed E-state index contributed by atoms with van der Waals surface area (Å²) < 4.78 is 4.26. The van der Waals surface area contributed by atoms with Crippen LogP contribution in [0.4, 0.5) is 0 Å². The molecule has 1 saturated heterocycles. The van der Waals surface area contributed by atoms with Gasteiger partial charge >= 0.3 is 0 Å². The number of hydrogen-bond acceptors (Lipinski definition) is 4. The molecule has 7 heteroatoms. The van der Waals surface area contributed by atoms with E-state index >= 15 is 0 Å². The summed E-state index contributed by atoms with van der Waals surface area (Å²) in [5, 5.41) is 4.21. The van der Waals surface area contributed by atoms with Crippen molar-refractivity contribution in [1.82, 2.24) is 30.3 Å². The summed E-state index contributed by atoms with van der Waals surface area (Å²) >= 11 is 0. The second kappa shape index (κ2) is 7.31. The number of amides is 1. The third-order valence-corrected chi connectivity index (χ3v) is 4.96. The molecule has 2 aromatic heterocycles. The molecular weight excluding hydrogens is 328 g/mol. The average molecular weight is 352 g/mol. The van der Waals surface area contributed by atoms with Crippen LogP contribution in [0.5, 0.6) is 0 Å². The van der Waals surface area contributed by atoms with Gasteiger partial charge in [0.15, 0.2) is 0 Å². The number of imidazole rings is 1. The highest BCUT2D eigenvalue weighted by molar-refractivity contribution is 5.82. The SMILES string of the molecule is CCn1ccnc1CNC(=O)C1CC(Cn2ccc3ccccc32)NN1. The minimum absolute atomic E-state index is 0.00279. The number of hydrogen-bond donors (Lipinski definition) is 3. The number of rotatable bonds is 6. The number of nitrogens with zero attached hydrogens (tertiary/aromatic N) is 3. The summed E-state index contributed by atoms with van der Waals surface area (Å²) in [4.78, 5) is 16.7. The zero-order chi connectivity index (χ0) is 17.9. The van der Waals surface area contributed by atoms with Crippen LogP contribution in [0.2, 0.25) is 0 Å². The molecule has 2 unspecified atom stereocenters. The van der Waals surface area contributed by atoms with Crippen LogP contribution < -0.4 is 16.2 Å². The number of aromatic nitrogens is 3. The Balaban J connectivity index is 1.32. The molecule has 3 N–H and O–H groups in total. The first-order chi connectivity index (χ1) is 12.7. The maximum Gasteiger partial charge on any atom is 0.238 e. The van der Waals surface area contributed by atoms with E-state index in [-0.39, 0.29) is 18.0 Å². The van der Waals surface area contributed by atoms with E-state index in [1.54, 1.807) is 6.20 Å². The summed E-state index contributed by atoms with van der Waals surface area (Å²) in [6.45, 7) is 4.18. The molecule has 3 aromatic rings. The lowest BCUT2D eigenvalue weighted by Crippen LogP contribution is -2.43. The van der Waals surface area contributed by atoms with Crippen LogP contribution in [0.25, 0.3) is 10.9 Å². The third kappa shape index (κ3) is 3.36. The number of para-hydroxylation sites is 1. The minimum atomic E-state index is -0.230. The lowest BCUT2D eigenvalue weighted by Gasteiger charge is -2.12. The van der Waals surface area contributed by atoms with Crippen LogP contribution in [-0.2, 0) is 24.4 Å². The zero-order valence-electron chi connectivity index (χ0n) is 14.9. The molecule has 1 fully saturated rings. The van der Waals surface area contributed by atoms with Crippen LogP contribution in [-0.4, -0.2) is 32.1 Å². The van der Waals surface area contributed by atoms with Gasteiger partial charge in [-0.25, -0.2) is 10.4 Å². The molecule has 26 heavy (non-hydrogen) atoms. The van der Waals surface area contributed by atoms with E-state index < -0.39 is 0 Å². The van der Waals surface area contributed by atoms with Crippen LogP contribution in [0, 0.1) is 0 Å². The summed E-state index contributed by atoms with van der Waals surface area (Å²) in [6, 6.07) is 10.4. The number of benzene rings is 1. The highest BCUT2D eigenvalue weighted by atomic mass is 16.2. The van der Waals surface area contributed by atoms with Gasteiger partial charge in [0.2, 0.25) is 5.91 Å². The van der Waals surface area contributed by atoms with E-state index in [1.807, 2.05) is 16.8 Å². The van der Waals surface area contributed by atoms with Crippen LogP contribution in [0.1, 0.15) is 19.2 Å². The van der Waals surface area contributed by atoms with Crippen molar-refractivity contribution in [3.8, 4) is 0 Å². The standard InChI is InChI=1S/C19H24N6O/c1-2-24-10-8-20-18(24)12-21-19(26)16-11-15(22-23-16)13-25-9-7-14-5-3-4-6-17(14)25/h3-10,15-16,22-23H,2,11-13H2,1H3,(H,21,26). The van der Waals surface area contributed by atoms with Gasteiger partial charge in [0, 0.05) is 43.2 Å². The zero-order valence-corrected chi connectivity index (χ0v) is 14.9. The van der Waals surface area contributed by atoms with Crippen LogP contribution >= 0.6 is 0 Å². The van der Waals surface area contributed by atoms with Crippen molar-refractivity contribution in [1.29, 1.82) is 0 Å². The Morgan fingerprint density at radius 1 is 1.23 bits per heavy atom. The molecule has 1 aliphatic rings. The quantitative estimate of drug-likeness (QED) is 0.627. The highest BCUT2D eigenvalue weighted by Crippen LogP contribution is 2.17. The van der Waals surface area contributed by atoms with E-state index in [1.165, 1.54) is 10.9 Å². The molecule has 1 amide bonds. The van der Waals surface area contributed by atoms with Gasteiger partial charge in [0.25, 0.3) is 0 Å². The van der Waals surface area contributed by atoms with Crippen molar-refractivity contribution >= 4 is 16.8 Å². The normalized spacial score (nSPS) is 19.9. The molecule has 7 nitrogen and oxygen atoms in total. The van der Waals surface area contributed by atoms with Crippen molar-refractivity contribution in [2.45, 2.75) is 45.1 Å². The number of aryl methyl sites for hydroxylation is 1. The number of nitrogens with one attached hydrogen (secondary N) is 3. The van der Waals surface area contributed by atoms with Crippen molar-refractivity contribution < 1.29 is 4.79 Å². The summed E-state index contributed by atoms with van der Waals surface area (Å²) in [7, 11) is 0. The van der Waals surface area contributed by atoms with Crippen molar-refractivity contribution in [3.63, 3.8) is 0 Å². The second-order valence-corrected chi connectivity index (χ2v) is 6.65. The van der Waals surface area contributed by atoms with Crippen molar-refractivity contribution in [2.75, 3.05) is 0 Å². The molecule has 0 aliphatic carbocycles. The topological polar surface area (TPSA) is 75.9 Å². The fourth-order valence-corrected chi connectivity index (χ4v) is 3.54. The molecular formula is C19H24N6O. The van der Waals surface area contributed by atoms with Gasteiger partial charge in [-0.2, -0.15) is 0 Å². The number of hydrazine groups is 1. The van der Waals surface area contributed by atoms with E-state index in [0.717, 1.165) is 25.3 Å². The van der Waals surface area contributed by atoms with Crippen molar-refractivity contribution in [3.05, 3.63) is 54.7 Å². The minimum Gasteiger partial charge on any atom is -0.347 e. The Hall–Kier alpha value is -2.64. The highest BCUT2D eigenvalue weighted by Gasteiger charge is 2.29. The Labute approximate surface area is 152 Å². The fourth-order valence-electron chi connectivity index (χ4n) is 3.54. The molecule has 0 spiro atoms. The molecule has 0 bridgehead atoms. The monoisotopic (exact) mass is 352 g/mol. The maximum atomic E-state index is 12.4. The first-order valence-electron chi connectivity index (χ1n) is 9.07. The predicted molar refractivity (Wildman–Crippen MR) is 100 cm³/mol. The summed E-state index contributed by atoms with van der Waals surface area (Å²) in [6.07, 6.45) is 6.54. The maximum absolute atomic E-state index is 12.4. The summed E-state index contributed by atoms with van der Waals surface area (Å²) in [5.41, 5.74) is 7.59. The van der Waals surface area contributed by atoms with Gasteiger partial charge < -0.3 is 14.5 Å². The lowest BCUT2D eigenvalue weighted by atomic mass is 10.1. The van der Waals surface area contributed by atoms with Gasteiger partial charge in [0.1, 0.15) is 11.9 Å². The first kappa shape index (κ1) is 16.8. The first-order valence-corrected chi connectivity index (χ1v) is 9.07. The predicted octanol–water partition coefficient (Wildman–Crippen LogP) is 1.41. The third-order valence-electron chi connectivity index (χ3n) is 4.96. The molecule has 136 valence electrons. The van der Waals surface area contributed by atoms with Gasteiger partial charge in [-0.05, 0) is 30.9 Å². The average Bonchev–Trinajstić information content (AvgIpc) is 3.40. The molecule has 1 aliphatic heterocycles. The van der Waals surface area contributed by atoms with Gasteiger partial charge in [-0.1, -0.05) is 18.2 Å². The largest absolute Gasteiger partial charge is 0.347 e. The van der Waals surface area contributed by atoms with Gasteiger partial charge in [-0.15, -0.1) is 0 Å². The molecule has 4 rings (SSSR count). The number of carbonyl (C=O) groups is 1. The Morgan fingerprint density at radius 2 is 2.12 bits per heavy atom. The number of fused-ring (bicyclic) bond motifs is 1. The van der Waals surface area contributed by atoms with Gasteiger partial charge in [0.05, 0.1) is 6.54 Å². The smallest absolute Gasteiger partial charge is 0.238 e. The Bertz CT molecular complexity index is 898. The summed E-state index contributed by atoms with van der Waals surface area (Å²) in [5.74, 6) is 0.880. The fraction of sp³-hybridized carbons (Fsp3) is 0.368. The Kier molecular flexibility index (Phi) is 4.73. The van der Waals surface area contributed by atoms with Crippen LogP contribution in [0.15, 0.2) is 48.9 Å². The van der Waals surface area contributed by atoms with Gasteiger partial charge in [-0.3, -0.25) is 10.2 Å². The molecule has 1 aromatic carbocycles. The molecule has 0 radical (unpaired) electrons. The van der Waals surface area contributed by atoms with Crippen LogP contribution in [0.3, 0.4) is 0 Å². The van der Waals surface area contributed by atoms with Crippen molar-refractivity contribution in [2.24, 2.45) is 0 Å². The number of carbonyl (C=O) groups excluding carboxylic acids is 1. The van der Waals surface area contributed by atoms with E-state index in [4.69, 9.17) is 0 Å². The van der Waals surface area contributed by atoms with E-state index in [9.17, 15) is 4.79 Å². The molecule has 2 atom stereocenters. The van der Waals surface area contributed by atoms with E-state index in [2.05, 4.69) is 63.1 Å². The molecule has 0 saturated carbocycles. The molecule has 3 heterocycles. The lowest BCUT2D eigenvalue weighted by molar-refractivity contribution is -0.123. The van der Waals surface area contributed by atoms with E-state index in [0.29, 0.717) is 6.54 Å². The second-order valence-electron chi connectivity index (χ2n) is 6.65.